The van der Waals surface area contributed by atoms with E-state index in [0.717, 1.165) is 12.8 Å². The number of hydrogen-bond donors (Lipinski definition) is 0. The van der Waals surface area contributed by atoms with Crippen LogP contribution in [0.5, 0.6) is 0 Å². The van der Waals surface area contributed by atoms with Crippen molar-refractivity contribution in [1.29, 1.82) is 0 Å². The van der Waals surface area contributed by atoms with Crippen LogP contribution in [0, 0.1) is 0 Å². The second-order valence-electron chi connectivity index (χ2n) is 8.60. The topological polar surface area (TPSA) is 9.23 Å². The molecule has 2 rings (SSSR count). The highest BCUT2D eigenvalue weighted by Crippen LogP contribution is 2.57. The van der Waals surface area contributed by atoms with Gasteiger partial charge in [0.1, 0.15) is 0 Å². The van der Waals surface area contributed by atoms with Crippen LogP contribution in [0.2, 0.25) is 10.1 Å². The summed E-state index contributed by atoms with van der Waals surface area (Å²) >= 11 is 0. The molecule has 1 unspecified atom stereocenters. The predicted octanol–water partition coefficient (Wildman–Crippen LogP) is 6.35. The smallest absolute Gasteiger partial charge is 0.228 e. The van der Waals surface area contributed by atoms with Crippen LogP contribution in [0.3, 0.4) is 0 Å². The van der Waals surface area contributed by atoms with E-state index in [1.54, 1.807) is 0 Å². The van der Waals surface area contributed by atoms with Gasteiger partial charge in [0.2, 0.25) is 8.32 Å². The zero-order chi connectivity index (χ0) is 16.6. The lowest BCUT2D eigenvalue weighted by Crippen LogP contribution is -2.52. The molecule has 1 nitrogen and oxygen atoms in total. The third-order valence-electron chi connectivity index (χ3n) is 4.92. The molecule has 0 bridgehead atoms. The molecule has 0 spiro atoms. The molecule has 0 radical (unpaired) electrons. The van der Waals surface area contributed by atoms with Gasteiger partial charge in [-0.1, -0.05) is 90.9 Å². The maximum atomic E-state index is 6.93. The molecule has 0 fully saturated rings. The summed E-state index contributed by atoms with van der Waals surface area (Å²) in [5.41, 5.74) is 5.34. The van der Waals surface area contributed by atoms with Crippen molar-refractivity contribution in [3.8, 4) is 0 Å². The molecule has 1 atom stereocenters. The molecule has 1 aliphatic rings. The minimum Gasteiger partial charge on any atom is -0.405 e. The van der Waals surface area contributed by atoms with Crippen LogP contribution >= 0.6 is 0 Å². The first-order chi connectivity index (χ1) is 10.1. The van der Waals surface area contributed by atoms with Crippen LogP contribution in [0.15, 0.2) is 36.0 Å². The highest BCUT2D eigenvalue weighted by Gasteiger charge is 2.58. The van der Waals surface area contributed by atoms with Crippen LogP contribution in [-0.2, 0) is 4.43 Å². The first-order valence-corrected chi connectivity index (χ1v) is 10.6. The summed E-state index contributed by atoms with van der Waals surface area (Å²) in [6.07, 6.45) is 2.53. The van der Waals surface area contributed by atoms with E-state index in [4.69, 9.17) is 4.43 Å². The van der Waals surface area contributed by atoms with Crippen LogP contribution < -0.4 is 0 Å². The van der Waals surface area contributed by atoms with Crippen LogP contribution in [0.4, 0.5) is 0 Å². The molecular formula is C20H32OSi. The Bertz CT molecular complexity index is 517. The van der Waals surface area contributed by atoms with Gasteiger partial charge < -0.3 is 4.43 Å². The average molecular weight is 317 g/mol. The van der Waals surface area contributed by atoms with Crippen LogP contribution in [-0.4, -0.2) is 14.4 Å². The van der Waals surface area contributed by atoms with Crippen molar-refractivity contribution in [2.45, 2.75) is 77.5 Å². The standard InChI is InChI=1S/C20H32OSi/c1-8-12-18-17(16-13-10-9-11-14-16)15-22(21-18,19(2,3)4)20(5,6)7/h9-11,13-15,18H,8,12H2,1-7H3. The minimum absolute atomic E-state index is 0.188. The van der Waals surface area contributed by atoms with Gasteiger partial charge in [-0.2, -0.15) is 0 Å². The third-order valence-corrected chi connectivity index (χ3v) is 10.8. The fraction of sp³-hybridized carbons (Fsp3) is 0.600. The van der Waals surface area contributed by atoms with E-state index in [9.17, 15) is 0 Å². The maximum absolute atomic E-state index is 6.93. The van der Waals surface area contributed by atoms with Gasteiger partial charge in [-0.05, 0) is 27.6 Å². The highest BCUT2D eigenvalue weighted by atomic mass is 28.4. The Hall–Kier alpha value is -0.863. The van der Waals surface area contributed by atoms with E-state index in [1.807, 2.05) is 0 Å². The molecule has 1 aromatic rings. The Morgan fingerprint density at radius 2 is 1.50 bits per heavy atom. The minimum atomic E-state index is -2.04. The van der Waals surface area contributed by atoms with Gasteiger partial charge in [0, 0.05) is 0 Å². The van der Waals surface area contributed by atoms with Gasteiger partial charge in [-0.25, -0.2) is 0 Å². The van der Waals surface area contributed by atoms with Crippen molar-refractivity contribution in [3.63, 3.8) is 0 Å². The molecule has 0 saturated carbocycles. The molecule has 1 aromatic carbocycles. The van der Waals surface area contributed by atoms with E-state index in [-0.39, 0.29) is 16.2 Å². The summed E-state index contributed by atoms with van der Waals surface area (Å²) in [6.45, 7) is 16.4. The summed E-state index contributed by atoms with van der Waals surface area (Å²) in [5, 5.41) is 0.377. The first-order valence-electron chi connectivity index (χ1n) is 8.58. The third kappa shape index (κ3) is 2.96. The maximum Gasteiger partial charge on any atom is 0.228 e. The van der Waals surface area contributed by atoms with E-state index in [1.165, 1.54) is 11.1 Å². The monoisotopic (exact) mass is 316 g/mol. The summed E-state index contributed by atoms with van der Waals surface area (Å²) in [5.74, 6) is 0. The van der Waals surface area contributed by atoms with E-state index >= 15 is 0 Å². The number of benzene rings is 1. The lowest BCUT2D eigenvalue weighted by Gasteiger charge is -2.47. The largest absolute Gasteiger partial charge is 0.405 e. The quantitative estimate of drug-likeness (QED) is 0.590. The summed E-state index contributed by atoms with van der Waals surface area (Å²) in [7, 11) is -2.04. The van der Waals surface area contributed by atoms with Crippen LogP contribution in [0.1, 0.15) is 66.9 Å². The second-order valence-corrected chi connectivity index (χ2v) is 13.6. The molecule has 0 aliphatic carbocycles. The lowest BCUT2D eigenvalue weighted by molar-refractivity contribution is 0.218. The fourth-order valence-electron chi connectivity index (χ4n) is 3.92. The Kier molecular flexibility index (Phi) is 4.75. The first kappa shape index (κ1) is 17.5. The van der Waals surface area contributed by atoms with Gasteiger partial charge >= 0.3 is 0 Å². The molecule has 22 heavy (non-hydrogen) atoms. The van der Waals surface area contributed by atoms with Gasteiger partial charge in [0.25, 0.3) is 0 Å². The lowest BCUT2D eigenvalue weighted by atomic mass is 9.99. The zero-order valence-electron chi connectivity index (χ0n) is 15.4. The van der Waals surface area contributed by atoms with Crippen molar-refractivity contribution >= 4 is 13.9 Å². The zero-order valence-corrected chi connectivity index (χ0v) is 16.4. The average Bonchev–Trinajstić information content (AvgIpc) is 2.80. The number of rotatable bonds is 3. The van der Waals surface area contributed by atoms with Crippen LogP contribution in [0.25, 0.3) is 5.57 Å². The normalized spacial score (nSPS) is 21.8. The Morgan fingerprint density at radius 3 is 1.95 bits per heavy atom. The molecule has 0 amide bonds. The van der Waals surface area contributed by atoms with E-state index < -0.39 is 8.32 Å². The molecule has 0 N–H and O–H groups in total. The SMILES string of the molecule is CCCC1O[Si](C(C)(C)C)(C(C)(C)C)C=C1c1ccccc1. The van der Waals surface area contributed by atoms with Gasteiger partial charge in [0.05, 0.1) is 6.10 Å². The Balaban J connectivity index is 2.57. The summed E-state index contributed by atoms with van der Waals surface area (Å²) < 4.78 is 6.93. The van der Waals surface area contributed by atoms with Gasteiger partial charge in [-0.3, -0.25) is 0 Å². The molecular weight excluding hydrogens is 284 g/mol. The second kappa shape index (κ2) is 5.97. The van der Waals surface area contributed by atoms with Crippen molar-refractivity contribution in [2.24, 2.45) is 0 Å². The van der Waals surface area contributed by atoms with Crippen molar-refractivity contribution in [3.05, 3.63) is 41.6 Å². The highest BCUT2D eigenvalue weighted by molar-refractivity contribution is 6.85. The van der Waals surface area contributed by atoms with Gasteiger partial charge in [-0.15, -0.1) is 0 Å². The Labute approximate surface area is 137 Å². The fourth-order valence-corrected chi connectivity index (χ4v) is 9.30. The molecule has 1 aliphatic heterocycles. The molecule has 122 valence electrons. The molecule has 0 aromatic heterocycles. The number of hydrogen-bond acceptors (Lipinski definition) is 1. The van der Waals surface area contributed by atoms with E-state index in [0.29, 0.717) is 0 Å². The predicted molar refractivity (Wildman–Crippen MR) is 99.4 cm³/mol. The Morgan fingerprint density at radius 1 is 0.955 bits per heavy atom. The van der Waals surface area contributed by atoms with Gasteiger partial charge in [0.15, 0.2) is 0 Å². The van der Waals surface area contributed by atoms with Crippen molar-refractivity contribution < 1.29 is 4.43 Å². The van der Waals surface area contributed by atoms with Crippen molar-refractivity contribution in [2.75, 3.05) is 0 Å². The summed E-state index contributed by atoms with van der Waals surface area (Å²) in [4.78, 5) is 0. The molecule has 1 heterocycles. The molecule has 0 saturated heterocycles. The van der Waals surface area contributed by atoms with E-state index in [2.05, 4.69) is 84.5 Å². The van der Waals surface area contributed by atoms with Crippen molar-refractivity contribution in [1.82, 2.24) is 0 Å². The summed E-state index contributed by atoms with van der Waals surface area (Å²) in [6, 6.07) is 10.8. The molecule has 2 heteroatoms.